The highest BCUT2D eigenvalue weighted by atomic mass is 16.5. The summed E-state index contributed by atoms with van der Waals surface area (Å²) in [4.78, 5) is 30.2. The number of rotatable bonds is 8. The molecule has 1 amide bonds. The Balaban J connectivity index is 2.25. The van der Waals surface area contributed by atoms with Crippen molar-refractivity contribution in [2.24, 2.45) is 0 Å². The topological polar surface area (TPSA) is 79.3 Å². The molecule has 1 N–H and O–H groups in total. The summed E-state index contributed by atoms with van der Waals surface area (Å²) < 4.78 is 11.6. The number of likely N-dealkylation sites (N-methyl/N-ethyl adjacent to an activating group) is 1. The van der Waals surface area contributed by atoms with Gasteiger partial charge >= 0.3 is 0 Å². The van der Waals surface area contributed by atoms with E-state index in [1.54, 1.807) is 19.2 Å². The second kappa shape index (κ2) is 10.7. The smallest absolute Gasteiger partial charge is 0.295 e. The summed E-state index contributed by atoms with van der Waals surface area (Å²) in [7, 11) is 5.42. The summed E-state index contributed by atoms with van der Waals surface area (Å²) in [5.74, 6) is -0.280. The molecule has 1 heterocycles. The maximum Gasteiger partial charge on any atom is 0.295 e. The van der Waals surface area contributed by atoms with Gasteiger partial charge in [0.25, 0.3) is 11.7 Å². The van der Waals surface area contributed by atoms with Crippen LogP contribution in [-0.4, -0.2) is 67.0 Å². The number of ketones is 1. The van der Waals surface area contributed by atoms with Crippen molar-refractivity contribution in [3.63, 3.8) is 0 Å². The summed E-state index contributed by atoms with van der Waals surface area (Å²) in [5, 5.41) is 11.5. The van der Waals surface area contributed by atoms with Gasteiger partial charge in [-0.05, 0) is 57.6 Å². The lowest BCUT2D eigenvalue weighted by Crippen LogP contribution is -2.35. The highest BCUT2D eigenvalue weighted by molar-refractivity contribution is 6.46. The third-order valence-corrected chi connectivity index (χ3v) is 6.19. The SMILES string of the molecule is COc1ccc(/C(O)=C2\C(=O)C(=O)N(CCN(C)C)C2c2ccccc2OC(C)C)cc1C(C)(C)C. The van der Waals surface area contributed by atoms with Gasteiger partial charge in [0.1, 0.15) is 17.3 Å². The van der Waals surface area contributed by atoms with Crippen LogP contribution in [0.1, 0.15) is 57.4 Å². The van der Waals surface area contributed by atoms with Crippen molar-refractivity contribution in [2.75, 3.05) is 34.3 Å². The molecule has 36 heavy (non-hydrogen) atoms. The van der Waals surface area contributed by atoms with Crippen LogP contribution in [0.15, 0.2) is 48.0 Å². The first-order valence-electron chi connectivity index (χ1n) is 12.2. The van der Waals surface area contributed by atoms with Crippen LogP contribution in [0.4, 0.5) is 0 Å². The van der Waals surface area contributed by atoms with E-state index in [0.29, 0.717) is 35.7 Å². The van der Waals surface area contributed by atoms with Gasteiger partial charge in [-0.15, -0.1) is 0 Å². The minimum Gasteiger partial charge on any atom is -0.507 e. The number of methoxy groups -OCH3 is 1. The minimum atomic E-state index is -0.778. The Hall–Kier alpha value is -3.32. The molecule has 0 aliphatic carbocycles. The van der Waals surface area contributed by atoms with E-state index in [-0.39, 0.29) is 22.9 Å². The normalized spacial score (nSPS) is 17.8. The van der Waals surface area contributed by atoms with Gasteiger partial charge in [0.15, 0.2) is 0 Å². The molecule has 0 saturated carbocycles. The third kappa shape index (κ3) is 5.57. The number of carbonyl (C=O) groups excluding carboxylic acids is 2. The second-order valence-corrected chi connectivity index (χ2v) is 10.7. The van der Waals surface area contributed by atoms with Crippen LogP contribution in [0, 0.1) is 0 Å². The molecule has 1 saturated heterocycles. The van der Waals surface area contributed by atoms with Crippen LogP contribution < -0.4 is 9.47 Å². The number of hydrogen-bond acceptors (Lipinski definition) is 6. The van der Waals surface area contributed by atoms with Gasteiger partial charge in [0.2, 0.25) is 0 Å². The van der Waals surface area contributed by atoms with Gasteiger partial charge < -0.3 is 24.4 Å². The quantitative estimate of drug-likeness (QED) is 0.324. The molecule has 0 radical (unpaired) electrons. The van der Waals surface area contributed by atoms with Crippen molar-refractivity contribution in [3.05, 3.63) is 64.7 Å². The van der Waals surface area contributed by atoms with E-state index in [4.69, 9.17) is 9.47 Å². The van der Waals surface area contributed by atoms with E-state index < -0.39 is 17.7 Å². The second-order valence-electron chi connectivity index (χ2n) is 10.7. The Labute approximate surface area is 214 Å². The Bertz CT molecular complexity index is 1160. The maximum atomic E-state index is 13.4. The maximum absolute atomic E-state index is 13.4. The van der Waals surface area contributed by atoms with Crippen LogP contribution in [-0.2, 0) is 15.0 Å². The van der Waals surface area contributed by atoms with Crippen LogP contribution in [0.5, 0.6) is 11.5 Å². The fourth-order valence-corrected chi connectivity index (χ4v) is 4.41. The average molecular weight is 495 g/mol. The minimum absolute atomic E-state index is 0.0589. The van der Waals surface area contributed by atoms with Gasteiger partial charge in [-0.25, -0.2) is 0 Å². The zero-order valence-electron chi connectivity index (χ0n) is 22.6. The lowest BCUT2D eigenvalue weighted by molar-refractivity contribution is -0.140. The molecular formula is C29H38N2O5. The lowest BCUT2D eigenvalue weighted by Gasteiger charge is -2.28. The molecule has 7 nitrogen and oxygen atoms in total. The molecule has 7 heteroatoms. The highest BCUT2D eigenvalue weighted by Crippen LogP contribution is 2.43. The Morgan fingerprint density at radius 3 is 2.33 bits per heavy atom. The van der Waals surface area contributed by atoms with Crippen molar-refractivity contribution < 1.29 is 24.2 Å². The number of hydrogen-bond donors (Lipinski definition) is 1. The van der Waals surface area contributed by atoms with Gasteiger partial charge in [-0.3, -0.25) is 9.59 Å². The Morgan fingerprint density at radius 2 is 1.75 bits per heavy atom. The van der Waals surface area contributed by atoms with Crippen molar-refractivity contribution in [1.82, 2.24) is 9.80 Å². The van der Waals surface area contributed by atoms with E-state index in [1.807, 2.05) is 83.9 Å². The number of benzene rings is 2. The molecule has 1 aliphatic heterocycles. The van der Waals surface area contributed by atoms with Gasteiger partial charge in [0, 0.05) is 29.8 Å². The molecule has 194 valence electrons. The van der Waals surface area contributed by atoms with E-state index >= 15 is 0 Å². The van der Waals surface area contributed by atoms with Gasteiger partial charge in [-0.1, -0.05) is 39.0 Å². The number of aliphatic hydroxyl groups excluding tert-OH is 1. The first-order chi connectivity index (χ1) is 16.9. The standard InChI is InChI=1S/C29H38N2O5/c1-18(2)36-22-12-10-9-11-20(22)25-24(27(33)28(34)31(25)16-15-30(6)7)26(32)19-13-14-23(35-8)21(17-19)29(3,4)5/h9-14,17-18,25,32H,15-16H2,1-8H3/b26-24+. The van der Waals surface area contributed by atoms with Gasteiger partial charge in [-0.2, -0.15) is 0 Å². The molecule has 0 bridgehead atoms. The Morgan fingerprint density at radius 1 is 1.08 bits per heavy atom. The number of ether oxygens (including phenoxy) is 2. The third-order valence-electron chi connectivity index (χ3n) is 6.19. The van der Waals surface area contributed by atoms with Crippen molar-refractivity contribution in [3.8, 4) is 11.5 Å². The molecule has 3 rings (SSSR count). The number of amides is 1. The van der Waals surface area contributed by atoms with Crippen LogP contribution in [0.25, 0.3) is 5.76 Å². The number of aliphatic hydroxyl groups is 1. The summed E-state index contributed by atoms with van der Waals surface area (Å²) >= 11 is 0. The predicted octanol–water partition coefficient (Wildman–Crippen LogP) is 4.76. The molecule has 1 unspecified atom stereocenters. The summed E-state index contributed by atoms with van der Waals surface area (Å²) in [5.41, 5.74) is 1.80. The molecule has 1 aliphatic rings. The first-order valence-corrected chi connectivity index (χ1v) is 12.2. The van der Waals surface area contributed by atoms with Crippen molar-refractivity contribution in [1.29, 1.82) is 0 Å². The number of Topliss-reactive ketones (excluding diaryl/α,β-unsaturated/α-hetero) is 1. The van der Waals surface area contributed by atoms with Crippen LogP contribution in [0.3, 0.4) is 0 Å². The number of likely N-dealkylation sites (tertiary alicyclic amines) is 1. The molecule has 2 aromatic carbocycles. The van der Waals surface area contributed by atoms with Crippen molar-refractivity contribution >= 4 is 17.4 Å². The van der Waals surface area contributed by atoms with Crippen LogP contribution >= 0.6 is 0 Å². The molecule has 0 spiro atoms. The molecule has 2 aromatic rings. The number of nitrogens with zero attached hydrogens (tertiary/aromatic N) is 2. The fourth-order valence-electron chi connectivity index (χ4n) is 4.41. The van der Waals surface area contributed by atoms with E-state index in [9.17, 15) is 14.7 Å². The molecule has 1 atom stereocenters. The monoisotopic (exact) mass is 494 g/mol. The van der Waals surface area contributed by atoms with E-state index in [1.165, 1.54) is 4.90 Å². The fraction of sp³-hybridized carbons (Fsp3) is 0.448. The Kier molecular flexibility index (Phi) is 8.14. The number of para-hydroxylation sites is 1. The van der Waals surface area contributed by atoms with E-state index in [0.717, 1.165) is 5.56 Å². The zero-order chi connectivity index (χ0) is 26.8. The highest BCUT2D eigenvalue weighted by Gasteiger charge is 2.47. The average Bonchev–Trinajstić information content (AvgIpc) is 3.06. The first kappa shape index (κ1) is 27.3. The van der Waals surface area contributed by atoms with Crippen LogP contribution in [0.2, 0.25) is 0 Å². The molecular weight excluding hydrogens is 456 g/mol. The van der Waals surface area contributed by atoms with Crippen molar-refractivity contribution in [2.45, 2.75) is 52.2 Å². The number of carbonyl (C=O) groups is 2. The lowest BCUT2D eigenvalue weighted by atomic mass is 9.84. The summed E-state index contributed by atoms with van der Waals surface area (Å²) in [6.07, 6.45) is -0.105. The summed E-state index contributed by atoms with van der Waals surface area (Å²) in [6, 6.07) is 11.9. The predicted molar refractivity (Wildman–Crippen MR) is 141 cm³/mol. The summed E-state index contributed by atoms with van der Waals surface area (Å²) in [6.45, 7) is 10.9. The zero-order valence-corrected chi connectivity index (χ0v) is 22.6. The molecule has 1 fully saturated rings. The molecule has 0 aromatic heterocycles. The van der Waals surface area contributed by atoms with Gasteiger partial charge in [0.05, 0.1) is 24.8 Å². The largest absolute Gasteiger partial charge is 0.507 e. The van der Waals surface area contributed by atoms with E-state index in [2.05, 4.69) is 0 Å².